The first-order chi connectivity index (χ1) is 11.4. The molecule has 2 aromatic rings. The maximum atomic E-state index is 12.5. The lowest BCUT2D eigenvalue weighted by Crippen LogP contribution is -2.09. The molecule has 24 heavy (non-hydrogen) atoms. The second-order valence-corrected chi connectivity index (χ2v) is 6.40. The fraction of sp³-hybridized carbons (Fsp3) is 0.350. The maximum Gasteiger partial charge on any atom is 0.416 e. The van der Waals surface area contributed by atoms with Crippen molar-refractivity contribution in [1.29, 1.82) is 0 Å². The number of hydrogen-bond acceptors (Lipinski definition) is 1. The molecular weight excluding hydrogens is 313 g/mol. The second kappa shape index (κ2) is 6.80. The third-order valence-corrected chi connectivity index (χ3v) is 4.50. The Kier molecular flexibility index (Phi) is 4.74. The Morgan fingerprint density at radius 2 is 1.42 bits per heavy atom. The molecule has 0 radical (unpaired) electrons. The number of hydrogen-bond donors (Lipinski definition) is 0. The molecule has 0 saturated heterocycles. The summed E-state index contributed by atoms with van der Waals surface area (Å²) in [6.07, 6.45) is 0.732. The summed E-state index contributed by atoms with van der Waals surface area (Å²) in [5, 5.41) is 0. The van der Waals surface area contributed by atoms with E-state index in [9.17, 15) is 18.0 Å². The standard InChI is InChI=1S/C20H19F3O/c21-20(22,23)18-9-6-14(7-10-18)12-19(24)13-15-5-8-16-3-1-2-4-17(16)11-15/h5-11H,1-4,12-13H2. The van der Waals surface area contributed by atoms with Crippen molar-refractivity contribution in [3.63, 3.8) is 0 Å². The van der Waals surface area contributed by atoms with Gasteiger partial charge in [-0.25, -0.2) is 0 Å². The summed E-state index contributed by atoms with van der Waals surface area (Å²) in [6, 6.07) is 11.0. The van der Waals surface area contributed by atoms with Crippen molar-refractivity contribution in [1.82, 2.24) is 0 Å². The molecule has 0 atom stereocenters. The number of rotatable bonds is 4. The summed E-state index contributed by atoms with van der Waals surface area (Å²) in [5.41, 5.74) is 3.63. The summed E-state index contributed by atoms with van der Waals surface area (Å²) in [4.78, 5) is 12.2. The molecule has 0 bridgehead atoms. The van der Waals surface area contributed by atoms with E-state index in [-0.39, 0.29) is 12.2 Å². The molecule has 0 amide bonds. The van der Waals surface area contributed by atoms with Crippen molar-refractivity contribution in [3.8, 4) is 0 Å². The molecule has 1 aliphatic rings. The Labute approximate surface area is 139 Å². The Balaban J connectivity index is 1.63. The highest BCUT2D eigenvalue weighted by molar-refractivity contribution is 5.83. The van der Waals surface area contributed by atoms with Crippen LogP contribution in [0.5, 0.6) is 0 Å². The molecule has 0 N–H and O–H groups in total. The number of carbonyl (C=O) groups is 1. The first-order valence-electron chi connectivity index (χ1n) is 8.20. The van der Waals surface area contributed by atoms with E-state index in [1.165, 1.54) is 36.1 Å². The van der Waals surface area contributed by atoms with Gasteiger partial charge in [0, 0.05) is 12.8 Å². The van der Waals surface area contributed by atoms with Crippen LogP contribution in [0.2, 0.25) is 0 Å². The molecule has 0 saturated carbocycles. The zero-order valence-electron chi connectivity index (χ0n) is 13.3. The van der Waals surface area contributed by atoms with Crippen LogP contribution in [0, 0.1) is 0 Å². The first-order valence-corrected chi connectivity index (χ1v) is 8.20. The Bertz CT molecular complexity index is 730. The van der Waals surface area contributed by atoms with Crippen molar-refractivity contribution in [2.24, 2.45) is 0 Å². The monoisotopic (exact) mass is 332 g/mol. The van der Waals surface area contributed by atoms with Gasteiger partial charge in [-0.15, -0.1) is 0 Å². The van der Waals surface area contributed by atoms with Crippen molar-refractivity contribution in [2.45, 2.75) is 44.7 Å². The average Bonchev–Trinajstić information content (AvgIpc) is 2.54. The molecule has 4 heteroatoms. The van der Waals surface area contributed by atoms with Gasteiger partial charge in [-0.2, -0.15) is 13.2 Å². The lowest BCUT2D eigenvalue weighted by Gasteiger charge is -2.16. The van der Waals surface area contributed by atoms with Gasteiger partial charge in [0.05, 0.1) is 5.56 Å². The molecule has 1 aliphatic carbocycles. The molecule has 0 unspecified atom stereocenters. The summed E-state index contributed by atoms with van der Waals surface area (Å²) >= 11 is 0. The van der Waals surface area contributed by atoms with Crippen LogP contribution in [-0.2, 0) is 36.7 Å². The SMILES string of the molecule is O=C(Cc1ccc(C(F)(F)F)cc1)Cc1ccc2c(c1)CCCC2. The van der Waals surface area contributed by atoms with Gasteiger partial charge in [-0.3, -0.25) is 4.79 Å². The fourth-order valence-electron chi connectivity index (χ4n) is 3.23. The molecular formula is C20H19F3O. The highest BCUT2D eigenvalue weighted by atomic mass is 19.4. The zero-order valence-corrected chi connectivity index (χ0v) is 13.3. The largest absolute Gasteiger partial charge is 0.416 e. The maximum absolute atomic E-state index is 12.5. The van der Waals surface area contributed by atoms with Gasteiger partial charge in [0.25, 0.3) is 0 Å². The second-order valence-electron chi connectivity index (χ2n) is 6.40. The predicted molar refractivity (Wildman–Crippen MR) is 86.9 cm³/mol. The molecule has 126 valence electrons. The molecule has 0 spiro atoms. The van der Waals surface area contributed by atoms with Crippen LogP contribution in [0.3, 0.4) is 0 Å². The number of ketones is 1. The number of alkyl halides is 3. The minimum atomic E-state index is -4.34. The third-order valence-electron chi connectivity index (χ3n) is 4.50. The smallest absolute Gasteiger partial charge is 0.299 e. The van der Waals surface area contributed by atoms with Gasteiger partial charge in [0.1, 0.15) is 5.78 Å². The van der Waals surface area contributed by atoms with Gasteiger partial charge in [0.2, 0.25) is 0 Å². The molecule has 1 nitrogen and oxygen atoms in total. The number of fused-ring (bicyclic) bond motifs is 1. The lowest BCUT2D eigenvalue weighted by molar-refractivity contribution is -0.137. The van der Waals surface area contributed by atoms with Crippen LogP contribution in [0.4, 0.5) is 13.2 Å². The predicted octanol–water partition coefficient (Wildman–Crippen LogP) is 4.94. The normalized spacial score (nSPS) is 14.3. The van der Waals surface area contributed by atoms with E-state index in [1.54, 1.807) is 0 Å². The van der Waals surface area contributed by atoms with E-state index in [0.717, 1.165) is 30.5 Å². The van der Waals surface area contributed by atoms with Gasteiger partial charge in [-0.1, -0.05) is 30.3 Å². The quantitative estimate of drug-likeness (QED) is 0.775. The van der Waals surface area contributed by atoms with Gasteiger partial charge < -0.3 is 0 Å². The first kappa shape index (κ1) is 16.7. The van der Waals surface area contributed by atoms with Crippen LogP contribution in [0.25, 0.3) is 0 Å². The summed E-state index contributed by atoms with van der Waals surface area (Å²) in [6.45, 7) is 0. The number of halogens is 3. The van der Waals surface area contributed by atoms with Crippen molar-refractivity contribution >= 4 is 5.78 Å². The highest BCUT2D eigenvalue weighted by Gasteiger charge is 2.29. The Morgan fingerprint density at radius 1 is 0.833 bits per heavy atom. The molecule has 3 rings (SSSR count). The van der Waals surface area contributed by atoms with E-state index < -0.39 is 11.7 Å². The minimum absolute atomic E-state index is 0.0190. The zero-order chi connectivity index (χ0) is 17.2. The number of Topliss-reactive ketones (excluding diaryl/α,β-unsaturated/α-hetero) is 1. The van der Waals surface area contributed by atoms with Gasteiger partial charge >= 0.3 is 6.18 Å². The molecule has 0 aliphatic heterocycles. The Morgan fingerprint density at radius 3 is 2.08 bits per heavy atom. The van der Waals surface area contributed by atoms with E-state index >= 15 is 0 Å². The minimum Gasteiger partial charge on any atom is -0.299 e. The van der Waals surface area contributed by atoms with E-state index in [4.69, 9.17) is 0 Å². The van der Waals surface area contributed by atoms with Gasteiger partial charge in [-0.05, 0) is 60.1 Å². The summed E-state index contributed by atoms with van der Waals surface area (Å²) in [7, 11) is 0. The summed E-state index contributed by atoms with van der Waals surface area (Å²) in [5.74, 6) is 0.0190. The van der Waals surface area contributed by atoms with Crippen molar-refractivity contribution < 1.29 is 18.0 Å². The van der Waals surface area contributed by atoms with E-state index in [0.29, 0.717) is 12.0 Å². The van der Waals surface area contributed by atoms with E-state index in [2.05, 4.69) is 12.1 Å². The van der Waals surface area contributed by atoms with E-state index in [1.807, 2.05) is 6.07 Å². The number of carbonyl (C=O) groups excluding carboxylic acids is 1. The van der Waals surface area contributed by atoms with Gasteiger partial charge in [0.15, 0.2) is 0 Å². The molecule has 0 aromatic heterocycles. The topological polar surface area (TPSA) is 17.1 Å². The number of aryl methyl sites for hydroxylation is 2. The fourth-order valence-corrected chi connectivity index (χ4v) is 3.23. The number of benzene rings is 2. The lowest BCUT2D eigenvalue weighted by atomic mass is 9.89. The summed E-state index contributed by atoms with van der Waals surface area (Å²) < 4.78 is 37.6. The van der Waals surface area contributed by atoms with Crippen molar-refractivity contribution in [2.75, 3.05) is 0 Å². The van der Waals surface area contributed by atoms with Crippen LogP contribution in [0.15, 0.2) is 42.5 Å². The molecule has 2 aromatic carbocycles. The average molecular weight is 332 g/mol. The van der Waals surface area contributed by atoms with Crippen molar-refractivity contribution in [3.05, 3.63) is 70.3 Å². The molecule has 0 fully saturated rings. The van der Waals surface area contributed by atoms with Crippen LogP contribution >= 0.6 is 0 Å². The third kappa shape index (κ3) is 4.05. The van der Waals surface area contributed by atoms with Crippen LogP contribution in [0.1, 0.15) is 40.7 Å². The molecule has 0 heterocycles. The highest BCUT2D eigenvalue weighted by Crippen LogP contribution is 2.29. The van der Waals surface area contributed by atoms with Crippen LogP contribution < -0.4 is 0 Å². The van der Waals surface area contributed by atoms with Crippen LogP contribution in [-0.4, -0.2) is 5.78 Å². The Hall–Kier alpha value is -2.10.